The van der Waals surface area contributed by atoms with Crippen molar-refractivity contribution in [3.8, 4) is 0 Å². The van der Waals surface area contributed by atoms with Gasteiger partial charge in [-0.2, -0.15) is 0 Å². The van der Waals surface area contributed by atoms with E-state index < -0.39 is 0 Å². The molecule has 1 amide bonds. The van der Waals surface area contributed by atoms with Crippen LogP contribution in [-0.2, 0) is 4.79 Å². The molecule has 100 valence electrons. The Kier molecular flexibility index (Phi) is 5.82. The summed E-state index contributed by atoms with van der Waals surface area (Å²) in [4.78, 5) is 12.1. The van der Waals surface area contributed by atoms with E-state index in [1.807, 2.05) is 25.1 Å². The molecule has 0 saturated heterocycles. The third-order valence-electron chi connectivity index (χ3n) is 2.86. The maximum atomic E-state index is 12.1. The molecule has 0 bridgehead atoms. The number of halogens is 1. The third-order valence-corrected chi connectivity index (χ3v) is 3.91. The lowest BCUT2D eigenvalue weighted by Crippen LogP contribution is -2.30. The Labute approximate surface area is 117 Å². The Morgan fingerprint density at radius 3 is 2.67 bits per heavy atom. The highest BCUT2D eigenvalue weighted by atomic mass is 79.9. The zero-order valence-electron chi connectivity index (χ0n) is 11.2. The van der Waals surface area contributed by atoms with Crippen LogP contribution in [0.5, 0.6) is 0 Å². The Morgan fingerprint density at radius 2 is 2.11 bits per heavy atom. The number of hydrogen-bond acceptors (Lipinski definition) is 2. The number of anilines is 1. The summed E-state index contributed by atoms with van der Waals surface area (Å²) in [6, 6.07) is 5.81. The second kappa shape index (κ2) is 6.90. The number of hydrogen-bond donors (Lipinski definition) is 2. The van der Waals surface area contributed by atoms with Gasteiger partial charge in [0.05, 0.1) is 11.6 Å². The normalized spacial score (nSPS) is 12.6. The molecule has 0 aliphatic heterocycles. The average molecular weight is 313 g/mol. The molecule has 0 spiro atoms. The number of nitrogens with one attached hydrogen (secondary N) is 1. The summed E-state index contributed by atoms with van der Waals surface area (Å²) in [5.41, 5.74) is 7.58. The number of aryl methyl sites for hydroxylation is 1. The van der Waals surface area contributed by atoms with E-state index in [0.29, 0.717) is 12.5 Å². The Morgan fingerprint density at radius 1 is 1.44 bits per heavy atom. The van der Waals surface area contributed by atoms with Crippen LogP contribution in [0.4, 0.5) is 5.69 Å². The van der Waals surface area contributed by atoms with Crippen molar-refractivity contribution in [3.05, 3.63) is 28.2 Å². The molecule has 0 aliphatic rings. The number of carbonyl (C=O) groups is 1. The van der Waals surface area contributed by atoms with Gasteiger partial charge >= 0.3 is 0 Å². The van der Waals surface area contributed by atoms with E-state index in [1.54, 1.807) is 0 Å². The molecular formula is C14H21BrN2O. The fraction of sp³-hybridized carbons (Fsp3) is 0.500. The molecule has 1 rings (SSSR count). The minimum atomic E-state index is -0.127. The number of carbonyl (C=O) groups excluding carboxylic acids is 1. The maximum absolute atomic E-state index is 12.1. The lowest BCUT2D eigenvalue weighted by molar-refractivity contribution is -0.120. The van der Waals surface area contributed by atoms with Crippen molar-refractivity contribution < 1.29 is 4.79 Å². The molecule has 3 N–H and O–H groups in total. The van der Waals surface area contributed by atoms with Crippen LogP contribution in [0.3, 0.4) is 0 Å². The molecule has 1 aromatic carbocycles. The first-order chi connectivity index (χ1) is 8.45. The van der Waals surface area contributed by atoms with Gasteiger partial charge in [0.2, 0.25) is 5.91 Å². The number of benzene rings is 1. The quantitative estimate of drug-likeness (QED) is 0.876. The molecule has 0 radical (unpaired) electrons. The van der Waals surface area contributed by atoms with E-state index in [0.717, 1.165) is 22.1 Å². The minimum Gasteiger partial charge on any atom is -0.330 e. The fourth-order valence-electron chi connectivity index (χ4n) is 1.86. The van der Waals surface area contributed by atoms with Crippen molar-refractivity contribution in [2.45, 2.75) is 27.2 Å². The van der Waals surface area contributed by atoms with Crippen LogP contribution in [-0.4, -0.2) is 12.5 Å². The summed E-state index contributed by atoms with van der Waals surface area (Å²) in [5.74, 6) is 0.333. The molecule has 0 fully saturated rings. The molecular weight excluding hydrogens is 292 g/mol. The van der Waals surface area contributed by atoms with Crippen LogP contribution in [0, 0.1) is 18.8 Å². The standard InChI is InChI=1S/C14H21BrN2O/c1-9(2)7-11(8-16)14(18)17-12-6-4-5-10(3)13(12)15/h4-6,9,11H,7-8,16H2,1-3H3,(H,17,18). The molecule has 3 nitrogen and oxygen atoms in total. The molecule has 1 unspecified atom stereocenters. The molecule has 0 aromatic heterocycles. The summed E-state index contributed by atoms with van der Waals surface area (Å²) in [6.45, 7) is 6.57. The van der Waals surface area contributed by atoms with Crippen molar-refractivity contribution in [3.63, 3.8) is 0 Å². The first kappa shape index (κ1) is 15.2. The van der Waals surface area contributed by atoms with Crippen molar-refractivity contribution in [1.29, 1.82) is 0 Å². The lowest BCUT2D eigenvalue weighted by Gasteiger charge is -2.17. The highest BCUT2D eigenvalue weighted by Crippen LogP contribution is 2.26. The van der Waals surface area contributed by atoms with Crippen molar-refractivity contribution in [1.82, 2.24) is 0 Å². The average Bonchev–Trinajstić information content (AvgIpc) is 2.31. The summed E-state index contributed by atoms with van der Waals surface area (Å²) in [6.07, 6.45) is 0.811. The summed E-state index contributed by atoms with van der Waals surface area (Å²) in [5, 5.41) is 2.94. The zero-order valence-corrected chi connectivity index (χ0v) is 12.8. The summed E-state index contributed by atoms with van der Waals surface area (Å²) in [7, 11) is 0. The molecule has 0 aliphatic carbocycles. The number of nitrogens with two attached hydrogens (primary N) is 1. The van der Waals surface area contributed by atoms with E-state index in [2.05, 4.69) is 35.1 Å². The summed E-state index contributed by atoms with van der Waals surface area (Å²) >= 11 is 3.48. The van der Waals surface area contributed by atoms with Crippen molar-refractivity contribution >= 4 is 27.5 Å². The topological polar surface area (TPSA) is 55.1 Å². The third kappa shape index (κ3) is 4.10. The molecule has 1 aromatic rings. The van der Waals surface area contributed by atoms with Gasteiger partial charge in [-0.3, -0.25) is 4.79 Å². The van der Waals surface area contributed by atoms with Gasteiger partial charge in [0.15, 0.2) is 0 Å². The molecule has 1 atom stereocenters. The van der Waals surface area contributed by atoms with Crippen LogP contribution < -0.4 is 11.1 Å². The van der Waals surface area contributed by atoms with Gasteiger partial charge in [0.1, 0.15) is 0 Å². The zero-order chi connectivity index (χ0) is 13.7. The van der Waals surface area contributed by atoms with E-state index in [1.165, 1.54) is 0 Å². The number of amides is 1. The van der Waals surface area contributed by atoms with Crippen LogP contribution in [0.25, 0.3) is 0 Å². The molecule has 0 saturated carbocycles. The van der Waals surface area contributed by atoms with Crippen LogP contribution in [0.15, 0.2) is 22.7 Å². The first-order valence-electron chi connectivity index (χ1n) is 6.21. The largest absolute Gasteiger partial charge is 0.330 e. The Hall–Kier alpha value is -0.870. The van der Waals surface area contributed by atoms with Gasteiger partial charge in [-0.15, -0.1) is 0 Å². The van der Waals surface area contributed by atoms with Gasteiger partial charge < -0.3 is 11.1 Å². The molecule has 0 heterocycles. The van der Waals surface area contributed by atoms with E-state index in [-0.39, 0.29) is 11.8 Å². The smallest absolute Gasteiger partial charge is 0.228 e. The first-order valence-corrected chi connectivity index (χ1v) is 7.01. The Balaban J connectivity index is 2.77. The minimum absolute atomic E-state index is 0.00231. The predicted octanol–water partition coefficient (Wildman–Crippen LogP) is 3.32. The highest BCUT2D eigenvalue weighted by Gasteiger charge is 2.19. The van der Waals surface area contributed by atoms with Crippen molar-refractivity contribution in [2.24, 2.45) is 17.6 Å². The molecule has 4 heteroatoms. The van der Waals surface area contributed by atoms with Crippen LogP contribution >= 0.6 is 15.9 Å². The van der Waals surface area contributed by atoms with Gasteiger partial charge in [-0.05, 0) is 46.8 Å². The van der Waals surface area contributed by atoms with E-state index >= 15 is 0 Å². The maximum Gasteiger partial charge on any atom is 0.228 e. The predicted molar refractivity (Wildman–Crippen MR) is 79.5 cm³/mol. The monoisotopic (exact) mass is 312 g/mol. The van der Waals surface area contributed by atoms with Gasteiger partial charge in [-0.25, -0.2) is 0 Å². The number of rotatable bonds is 5. The van der Waals surface area contributed by atoms with Gasteiger partial charge in [-0.1, -0.05) is 26.0 Å². The second-order valence-corrected chi connectivity index (χ2v) is 5.78. The van der Waals surface area contributed by atoms with Crippen LogP contribution in [0.1, 0.15) is 25.8 Å². The SMILES string of the molecule is Cc1cccc(NC(=O)C(CN)CC(C)C)c1Br. The highest BCUT2D eigenvalue weighted by molar-refractivity contribution is 9.10. The lowest BCUT2D eigenvalue weighted by atomic mass is 9.96. The van der Waals surface area contributed by atoms with E-state index in [9.17, 15) is 4.79 Å². The van der Waals surface area contributed by atoms with Gasteiger partial charge in [0.25, 0.3) is 0 Å². The van der Waals surface area contributed by atoms with Crippen molar-refractivity contribution in [2.75, 3.05) is 11.9 Å². The second-order valence-electron chi connectivity index (χ2n) is 4.99. The van der Waals surface area contributed by atoms with Gasteiger partial charge in [0, 0.05) is 11.0 Å². The Bertz CT molecular complexity index is 418. The molecule has 18 heavy (non-hydrogen) atoms. The summed E-state index contributed by atoms with van der Waals surface area (Å²) < 4.78 is 0.929. The fourth-order valence-corrected chi connectivity index (χ4v) is 2.22. The van der Waals surface area contributed by atoms with E-state index in [4.69, 9.17) is 5.73 Å². The van der Waals surface area contributed by atoms with Crippen LogP contribution in [0.2, 0.25) is 0 Å².